The van der Waals surface area contributed by atoms with Crippen molar-refractivity contribution in [2.75, 3.05) is 18.1 Å². The Hall–Kier alpha value is -0.970. The molecule has 1 heterocycles. The van der Waals surface area contributed by atoms with E-state index in [0.717, 1.165) is 25.2 Å². The molecule has 1 atom stereocenters. The van der Waals surface area contributed by atoms with Crippen molar-refractivity contribution in [3.63, 3.8) is 0 Å². The summed E-state index contributed by atoms with van der Waals surface area (Å²) in [6, 6.07) is 1.53. The third-order valence-corrected chi connectivity index (χ3v) is 3.67. The number of nitrogens with one attached hydrogen (secondary N) is 2. The van der Waals surface area contributed by atoms with Crippen LogP contribution in [0.25, 0.3) is 0 Å². The number of H-pyrrole nitrogens is 1. The molecule has 0 spiro atoms. The van der Waals surface area contributed by atoms with E-state index < -0.39 is 0 Å². The maximum Gasteiger partial charge on any atom is 0.252 e. The van der Waals surface area contributed by atoms with Crippen molar-refractivity contribution in [2.45, 2.75) is 30.9 Å². The Kier molecular flexibility index (Phi) is 3.53. The predicted octanol–water partition coefficient (Wildman–Crippen LogP) is 1.81. The lowest BCUT2D eigenvalue weighted by Gasteiger charge is -2.10. The first-order valence-electron chi connectivity index (χ1n) is 5.57. The van der Waals surface area contributed by atoms with Gasteiger partial charge in [0, 0.05) is 23.8 Å². The zero-order valence-corrected chi connectivity index (χ0v) is 10.4. The normalized spacial score (nSPS) is 17.1. The van der Waals surface area contributed by atoms with Crippen LogP contribution in [0.4, 0.5) is 5.82 Å². The van der Waals surface area contributed by atoms with Gasteiger partial charge in [0.15, 0.2) is 0 Å². The Morgan fingerprint density at radius 1 is 1.69 bits per heavy atom. The molecule has 2 rings (SSSR count). The van der Waals surface area contributed by atoms with Crippen LogP contribution in [-0.2, 0) is 0 Å². The van der Waals surface area contributed by atoms with Gasteiger partial charge in [-0.3, -0.25) is 4.79 Å². The minimum atomic E-state index is -0.0591. The van der Waals surface area contributed by atoms with Crippen LogP contribution in [0.2, 0.25) is 0 Å². The van der Waals surface area contributed by atoms with Gasteiger partial charge >= 0.3 is 0 Å². The molecule has 1 saturated carbocycles. The SMILES string of the molecule is CSC(C)CNc1cc(=O)[nH]c(C2CC2)n1. The fourth-order valence-corrected chi connectivity index (χ4v) is 1.70. The first-order valence-corrected chi connectivity index (χ1v) is 6.85. The Morgan fingerprint density at radius 3 is 3.06 bits per heavy atom. The van der Waals surface area contributed by atoms with Crippen molar-refractivity contribution in [1.29, 1.82) is 0 Å². The van der Waals surface area contributed by atoms with Gasteiger partial charge in [-0.15, -0.1) is 0 Å². The molecule has 0 saturated heterocycles. The van der Waals surface area contributed by atoms with Gasteiger partial charge in [-0.25, -0.2) is 4.98 Å². The third-order valence-electron chi connectivity index (χ3n) is 2.70. The summed E-state index contributed by atoms with van der Waals surface area (Å²) in [7, 11) is 0. The van der Waals surface area contributed by atoms with Crippen LogP contribution in [0.5, 0.6) is 0 Å². The third kappa shape index (κ3) is 3.01. The van der Waals surface area contributed by atoms with E-state index in [1.165, 1.54) is 6.07 Å². The van der Waals surface area contributed by atoms with Gasteiger partial charge in [0.1, 0.15) is 11.6 Å². The molecule has 1 aliphatic rings. The van der Waals surface area contributed by atoms with Crippen LogP contribution < -0.4 is 10.9 Å². The number of anilines is 1. The second-order valence-electron chi connectivity index (χ2n) is 4.22. The first kappa shape index (κ1) is 11.5. The molecule has 0 amide bonds. The monoisotopic (exact) mass is 239 g/mol. The van der Waals surface area contributed by atoms with Gasteiger partial charge in [-0.1, -0.05) is 6.92 Å². The molecule has 4 nitrogen and oxygen atoms in total. The van der Waals surface area contributed by atoms with Crippen molar-refractivity contribution in [3.8, 4) is 0 Å². The summed E-state index contributed by atoms with van der Waals surface area (Å²) in [5.41, 5.74) is -0.0591. The molecular weight excluding hydrogens is 222 g/mol. The molecule has 0 aromatic carbocycles. The average molecular weight is 239 g/mol. The molecular formula is C11H17N3OS. The highest BCUT2D eigenvalue weighted by Gasteiger charge is 2.26. The van der Waals surface area contributed by atoms with Crippen molar-refractivity contribution < 1.29 is 0 Å². The summed E-state index contributed by atoms with van der Waals surface area (Å²) < 4.78 is 0. The Morgan fingerprint density at radius 2 is 2.44 bits per heavy atom. The summed E-state index contributed by atoms with van der Waals surface area (Å²) in [4.78, 5) is 18.6. The summed E-state index contributed by atoms with van der Waals surface area (Å²) in [5.74, 6) is 2.02. The average Bonchev–Trinajstić information content (AvgIpc) is 3.09. The van der Waals surface area contributed by atoms with Crippen LogP contribution in [0, 0.1) is 0 Å². The fourth-order valence-electron chi connectivity index (χ4n) is 1.45. The second kappa shape index (κ2) is 4.91. The van der Waals surface area contributed by atoms with E-state index in [-0.39, 0.29) is 5.56 Å². The molecule has 2 N–H and O–H groups in total. The van der Waals surface area contributed by atoms with Crippen LogP contribution in [-0.4, -0.2) is 28.0 Å². The topological polar surface area (TPSA) is 57.8 Å². The molecule has 1 unspecified atom stereocenters. The number of aromatic amines is 1. The van der Waals surface area contributed by atoms with E-state index in [9.17, 15) is 4.79 Å². The zero-order chi connectivity index (χ0) is 11.5. The standard InChI is InChI=1S/C11H17N3OS/c1-7(16-2)6-12-9-5-10(15)14-11(13-9)8-3-4-8/h5,7-8H,3-4,6H2,1-2H3,(H2,12,13,14,15). The fraction of sp³-hybridized carbons (Fsp3) is 0.636. The van der Waals surface area contributed by atoms with Gasteiger partial charge < -0.3 is 10.3 Å². The molecule has 0 bridgehead atoms. The predicted molar refractivity (Wildman–Crippen MR) is 68.3 cm³/mol. The number of aromatic nitrogens is 2. The Labute approximate surface area is 99.3 Å². The molecule has 1 aromatic heterocycles. The van der Waals surface area contributed by atoms with Crippen LogP contribution in [0.3, 0.4) is 0 Å². The number of hydrogen-bond acceptors (Lipinski definition) is 4. The number of rotatable bonds is 5. The van der Waals surface area contributed by atoms with E-state index in [0.29, 0.717) is 17.0 Å². The lowest BCUT2D eigenvalue weighted by Crippen LogP contribution is -2.17. The molecule has 1 aliphatic carbocycles. The maximum atomic E-state index is 11.4. The van der Waals surface area contributed by atoms with E-state index in [1.54, 1.807) is 11.8 Å². The van der Waals surface area contributed by atoms with Crippen molar-refractivity contribution >= 4 is 17.6 Å². The van der Waals surface area contributed by atoms with Gasteiger partial charge in [-0.2, -0.15) is 11.8 Å². The van der Waals surface area contributed by atoms with Gasteiger partial charge in [-0.05, 0) is 19.1 Å². The molecule has 0 aliphatic heterocycles. The lowest BCUT2D eigenvalue weighted by atomic mass is 10.4. The molecule has 0 radical (unpaired) electrons. The molecule has 88 valence electrons. The van der Waals surface area contributed by atoms with Crippen LogP contribution in [0.15, 0.2) is 10.9 Å². The van der Waals surface area contributed by atoms with E-state index in [4.69, 9.17) is 0 Å². The zero-order valence-electron chi connectivity index (χ0n) is 9.62. The molecule has 5 heteroatoms. The molecule has 16 heavy (non-hydrogen) atoms. The Bertz CT molecular complexity index is 414. The van der Waals surface area contributed by atoms with Gasteiger partial charge in [0.2, 0.25) is 0 Å². The summed E-state index contributed by atoms with van der Waals surface area (Å²) >= 11 is 1.79. The summed E-state index contributed by atoms with van der Waals surface area (Å²) in [6.45, 7) is 2.98. The van der Waals surface area contributed by atoms with Gasteiger partial charge in [0.25, 0.3) is 5.56 Å². The number of nitrogens with zero attached hydrogens (tertiary/aromatic N) is 1. The molecule has 1 aromatic rings. The molecule has 1 fully saturated rings. The first-order chi connectivity index (χ1) is 7.69. The summed E-state index contributed by atoms with van der Waals surface area (Å²) in [5, 5.41) is 3.73. The lowest BCUT2D eigenvalue weighted by molar-refractivity contribution is 0.897. The smallest absolute Gasteiger partial charge is 0.252 e. The number of thioether (sulfide) groups is 1. The summed E-state index contributed by atoms with van der Waals surface area (Å²) in [6.07, 6.45) is 4.37. The van der Waals surface area contributed by atoms with Crippen LogP contribution in [0.1, 0.15) is 31.5 Å². The highest BCUT2D eigenvalue weighted by atomic mass is 32.2. The minimum Gasteiger partial charge on any atom is -0.369 e. The van der Waals surface area contributed by atoms with Gasteiger partial charge in [0.05, 0.1) is 0 Å². The Balaban J connectivity index is 2.05. The van der Waals surface area contributed by atoms with E-state index in [2.05, 4.69) is 28.5 Å². The highest BCUT2D eigenvalue weighted by molar-refractivity contribution is 7.99. The quantitative estimate of drug-likeness (QED) is 0.823. The largest absolute Gasteiger partial charge is 0.369 e. The van der Waals surface area contributed by atoms with E-state index >= 15 is 0 Å². The van der Waals surface area contributed by atoms with E-state index in [1.807, 2.05) is 0 Å². The second-order valence-corrected chi connectivity index (χ2v) is 5.49. The van der Waals surface area contributed by atoms with Crippen LogP contribution >= 0.6 is 11.8 Å². The highest BCUT2D eigenvalue weighted by Crippen LogP contribution is 2.37. The maximum absolute atomic E-state index is 11.4. The number of hydrogen-bond donors (Lipinski definition) is 2. The van der Waals surface area contributed by atoms with Crippen molar-refractivity contribution in [3.05, 3.63) is 22.2 Å². The minimum absolute atomic E-state index is 0.0591. The van der Waals surface area contributed by atoms with Crippen molar-refractivity contribution in [1.82, 2.24) is 9.97 Å². The van der Waals surface area contributed by atoms with Crippen molar-refractivity contribution in [2.24, 2.45) is 0 Å².